The molecule has 2 aromatic rings. The number of anilines is 1. The van der Waals surface area contributed by atoms with Gasteiger partial charge in [-0.1, -0.05) is 6.08 Å². The minimum atomic E-state index is -3.75. The largest absolute Gasteiger partial charge is 0.483 e. The van der Waals surface area contributed by atoms with Crippen LogP contribution >= 0.6 is 0 Å². The second kappa shape index (κ2) is 5.63. The van der Waals surface area contributed by atoms with Crippen molar-refractivity contribution in [3.05, 3.63) is 59.9 Å². The van der Waals surface area contributed by atoms with Crippen LogP contribution in [-0.4, -0.2) is 21.1 Å². The summed E-state index contributed by atoms with van der Waals surface area (Å²) in [6.07, 6.45) is 3.74. The molecule has 0 saturated heterocycles. The number of sulfonamides is 1. The molecule has 24 heavy (non-hydrogen) atoms. The van der Waals surface area contributed by atoms with Crippen LogP contribution in [0.15, 0.2) is 53.4 Å². The normalized spacial score (nSPS) is 15.5. The van der Waals surface area contributed by atoms with E-state index in [-0.39, 0.29) is 4.90 Å². The summed E-state index contributed by atoms with van der Waals surface area (Å²) in [5.74, 6) is 0.231. The highest BCUT2D eigenvalue weighted by Gasteiger charge is 2.26. The molecular formula is C18H18FNO3S. The van der Waals surface area contributed by atoms with Gasteiger partial charge in [0.2, 0.25) is 0 Å². The Bertz CT molecular complexity index is 902. The molecule has 0 aliphatic carbocycles. The van der Waals surface area contributed by atoms with E-state index in [1.165, 1.54) is 37.4 Å². The van der Waals surface area contributed by atoms with Gasteiger partial charge in [-0.3, -0.25) is 4.31 Å². The molecule has 2 aromatic carbocycles. The Morgan fingerprint density at radius 2 is 1.75 bits per heavy atom. The number of fused-ring (bicyclic) bond motifs is 1. The van der Waals surface area contributed by atoms with E-state index in [1.807, 2.05) is 26.0 Å². The maximum absolute atomic E-state index is 13.0. The highest BCUT2D eigenvalue weighted by molar-refractivity contribution is 7.92. The topological polar surface area (TPSA) is 46.6 Å². The molecule has 0 unspecified atom stereocenters. The maximum Gasteiger partial charge on any atom is 0.264 e. The zero-order chi connectivity index (χ0) is 17.5. The number of hydrogen-bond acceptors (Lipinski definition) is 3. The van der Waals surface area contributed by atoms with E-state index in [1.54, 1.807) is 12.1 Å². The van der Waals surface area contributed by atoms with Crippen LogP contribution in [0.5, 0.6) is 5.75 Å². The van der Waals surface area contributed by atoms with E-state index in [4.69, 9.17) is 4.74 Å². The van der Waals surface area contributed by atoms with Gasteiger partial charge in [0.15, 0.2) is 0 Å². The summed E-state index contributed by atoms with van der Waals surface area (Å²) in [4.78, 5) is 0.154. The Balaban J connectivity index is 1.97. The summed E-state index contributed by atoms with van der Waals surface area (Å²) in [5.41, 5.74) is 0.683. The van der Waals surface area contributed by atoms with E-state index < -0.39 is 21.4 Å². The van der Waals surface area contributed by atoms with Crippen LogP contribution < -0.4 is 9.04 Å². The summed E-state index contributed by atoms with van der Waals surface area (Å²) in [5, 5.41) is 0. The summed E-state index contributed by atoms with van der Waals surface area (Å²) in [7, 11) is -2.30. The summed E-state index contributed by atoms with van der Waals surface area (Å²) < 4.78 is 45.6. The van der Waals surface area contributed by atoms with Crippen molar-refractivity contribution in [3.8, 4) is 5.75 Å². The average molecular weight is 347 g/mol. The van der Waals surface area contributed by atoms with Gasteiger partial charge in [-0.25, -0.2) is 12.8 Å². The van der Waals surface area contributed by atoms with Crippen molar-refractivity contribution in [1.82, 2.24) is 0 Å². The number of ether oxygens (including phenoxy) is 1. The first-order valence-electron chi connectivity index (χ1n) is 7.46. The molecule has 4 nitrogen and oxygen atoms in total. The van der Waals surface area contributed by atoms with Crippen molar-refractivity contribution in [2.24, 2.45) is 0 Å². The van der Waals surface area contributed by atoms with Crippen LogP contribution in [0.2, 0.25) is 0 Å². The number of halogens is 1. The first-order valence-corrected chi connectivity index (χ1v) is 8.90. The molecule has 0 aromatic heterocycles. The number of nitrogens with zero attached hydrogens (tertiary/aromatic N) is 1. The second-order valence-electron chi connectivity index (χ2n) is 6.19. The zero-order valence-electron chi connectivity index (χ0n) is 13.7. The zero-order valence-corrected chi connectivity index (χ0v) is 14.5. The summed E-state index contributed by atoms with van der Waals surface area (Å²) >= 11 is 0. The average Bonchev–Trinajstić information content (AvgIpc) is 2.53. The molecule has 0 fully saturated rings. The van der Waals surface area contributed by atoms with Gasteiger partial charge < -0.3 is 4.74 Å². The quantitative estimate of drug-likeness (QED) is 0.848. The van der Waals surface area contributed by atoms with Gasteiger partial charge in [-0.15, -0.1) is 0 Å². The third-order valence-electron chi connectivity index (χ3n) is 3.87. The van der Waals surface area contributed by atoms with Crippen LogP contribution in [-0.2, 0) is 10.0 Å². The number of rotatable bonds is 3. The van der Waals surface area contributed by atoms with Gasteiger partial charge in [0.25, 0.3) is 10.0 Å². The second-order valence-corrected chi connectivity index (χ2v) is 8.16. The van der Waals surface area contributed by atoms with E-state index in [0.29, 0.717) is 17.0 Å². The monoisotopic (exact) mass is 347 g/mol. The van der Waals surface area contributed by atoms with Crippen molar-refractivity contribution in [1.29, 1.82) is 0 Å². The van der Waals surface area contributed by atoms with Crippen LogP contribution in [0.1, 0.15) is 19.4 Å². The lowest BCUT2D eigenvalue weighted by Crippen LogP contribution is -2.28. The molecule has 1 heterocycles. The minimum absolute atomic E-state index is 0.154. The lowest BCUT2D eigenvalue weighted by Gasteiger charge is -2.28. The van der Waals surface area contributed by atoms with Gasteiger partial charge >= 0.3 is 0 Å². The molecular weight excluding hydrogens is 329 g/mol. The van der Waals surface area contributed by atoms with Crippen LogP contribution in [0.3, 0.4) is 0 Å². The molecule has 6 heteroatoms. The first-order chi connectivity index (χ1) is 11.2. The Morgan fingerprint density at radius 1 is 1.08 bits per heavy atom. The Labute approximate surface area is 141 Å². The fourth-order valence-electron chi connectivity index (χ4n) is 2.47. The molecule has 3 rings (SSSR count). The third-order valence-corrected chi connectivity index (χ3v) is 5.65. The van der Waals surface area contributed by atoms with Crippen molar-refractivity contribution in [3.63, 3.8) is 0 Å². The first kappa shape index (κ1) is 16.5. The molecule has 0 saturated carbocycles. The number of hydrogen-bond donors (Lipinski definition) is 0. The van der Waals surface area contributed by atoms with Crippen molar-refractivity contribution in [2.75, 3.05) is 11.4 Å². The van der Waals surface area contributed by atoms with Crippen molar-refractivity contribution < 1.29 is 17.5 Å². The highest BCUT2D eigenvalue weighted by atomic mass is 32.2. The molecule has 0 amide bonds. The predicted molar refractivity (Wildman–Crippen MR) is 92.2 cm³/mol. The van der Waals surface area contributed by atoms with Gasteiger partial charge in [-0.2, -0.15) is 0 Å². The van der Waals surface area contributed by atoms with E-state index >= 15 is 0 Å². The Morgan fingerprint density at radius 3 is 2.42 bits per heavy atom. The molecule has 1 aliphatic heterocycles. The minimum Gasteiger partial charge on any atom is -0.483 e. The third kappa shape index (κ3) is 3.01. The standard InChI is InChI=1S/C18H18FNO3S/c1-18(2)11-10-13-12-16(8-9-17(13)23-18)24(21,22)20(3)15-6-4-14(19)5-7-15/h4-12H,1-3H3. The highest BCUT2D eigenvalue weighted by Crippen LogP contribution is 2.33. The van der Waals surface area contributed by atoms with E-state index in [9.17, 15) is 12.8 Å². The summed E-state index contributed by atoms with van der Waals surface area (Å²) in [6, 6.07) is 10.1. The smallest absolute Gasteiger partial charge is 0.264 e. The SMILES string of the molecule is CN(c1ccc(F)cc1)S(=O)(=O)c1ccc2c(c1)C=CC(C)(C)O2. The number of benzene rings is 2. The lowest BCUT2D eigenvalue weighted by atomic mass is 10.0. The van der Waals surface area contributed by atoms with E-state index in [0.717, 1.165) is 4.31 Å². The van der Waals surface area contributed by atoms with Gasteiger partial charge in [0.05, 0.1) is 10.6 Å². The van der Waals surface area contributed by atoms with E-state index in [2.05, 4.69) is 0 Å². The molecule has 0 radical (unpaired) electrons. The van der Waals surface area contributed by atoms with Crippen LogP contribution in [0.4, 0.5) is 10.1 Å². The predicted octanol–water partition coefficient (Wildman–Crippen LogP) is 3.84. The fraction of sp³-hybridized carbons (Fsp3) is 0.222. The Kier molecular flexibility index (Phi) is 3.87. The van der Waals surface area contributed by atoms with Crippen molar-refractivity contribution in [2.45, 2.75) is 24.3 Å². The van der Waals surface area contributed by atoms with Gasteiger partial charge in [0.1, 0.15) is 17.2 Å². The Hall–Kier alpha value is -2.34. The molecule has 0 atom stereocenters. The molecule has 126 valence electrons. The molecule has 0 N–H and O–H groups in total. The molecule has 0 spiro atoms. The van der Waals surface area contributed by atoms with Gasteiger partial charge in [-0.05, 0) is 62.4 Å². The molecule has 1 aliphatic rings. The lowest BCUT2D eigenvalue weighted by molar-refractivity contribution is 0.159. The van der Waals surface area contributed by atoms with Crippen LogP contribution in [0, 0.1) is 5.82 Å². The van der Waals surface area contributed by atoms with Crippen LogP contribution in [0.25, 0.3) is 6.08 Å². The van der Waals surface area contributed by atoms with Crippen molar-refractivity contribution >= 4 is 21.8 Å². The molecule has 0 bridgehead atoms. The maximum atomic E-state index is 13.0. The van der Waals surface area contributed by atoms with Gasteiger partial charge in [0, 0.05) is 12.6 Å². The summed E-state index contributed by atoms with van der Waals surface area (Å²) in [6.45, 7) is 3.86. The fourth-order valence-corrected chi connectivity index (χ4v) is 3.70.